The lowest BCUT2D eigenvalue weighted by Crippen LogP contribution is -2.02. The van der Waals surface area contributed by atoms with Crippen LogP contribution in [0.5, 0.6) is 17.2 Å². The Labute approximate surface area is 98.7 Å². The van der Waals surface area contributed by atoms with E-state index < -0.39 is 0 Å². The first-order valence-electron chi connectivity index (χ1n) is 4.95. The highest BCUT2D eigenvalue weighted by Gasteiger charge is 2.25. The summed E-state index contributed by atoms with van der Waals surface area (Å²) in [4.78, 5) is 0. The Balaban J connectivity index is 2.56. The van der Waals surface area contributed by atoms with Crippen LogP contribution in [0.2, 0.25) is 5.02 Å². The number of aliphatic hydroxyl groups excluding tert-OH is 1. The van der Waals surface area contributed by atoms with E-state index in [9.17, 15) is 5.11 Å². The van der Waals surface area contributed by atoms with Crippen molar-refractivity contribution in [3.63, 3.8) is 0 Å². The fraction of sp³-hybridized carbons (Fsp3) is 0.455. The Morgan fingerprint density at radius 3 is 2.94 bits per heavy atom. The lowest BCUT2D eigenvalue weighted by atomic mass is 10.0. The SMILES string of the molecule is COc1c(C(C)CO)cc2c(c1Cl)OCO2. The van der Waals surface area contributed by atoms with Gasteiger partial charge in [-0.1, -0.05) is 18.5 Å². The van der Waals surface area contributed by atoms with Crippen molar-refractivity contribution in [2.45, 2.75) is 12.8 Å². The number of ether oxygens (including phenoxy) is 3. The molecule has 1 aromatic rings. The van der Waals surface area contributed by atoms with Crippen LogP contribution >= 0.6 is 11.6 Å². The molecule has 0 fully saturated rings. The minimum Gasteiger partial charge on any atom is -0.495 e. The third-order valence-corrected chi connectivity index (χ3v) is 2.94. The zero-order chi connectivity index (χ0) is 11.7. The van der Waals surface area contributed by atoms with E-state index in [-0.39, 0.29) is 19.3 Å². The molecule has 0 radical (unpaired) electrons. The average Bonchev–Trinajstić information content (AvgIpc) is 2.76. The minimum absolute atomic E-state index is 0.0202. The number of benzene rings is 1. The normalized spacial score (nSPS) is 15.0. The molecule has 1 heterocycles. The topological polar surface area (TPSA) is 47.9 Å². The molecule has 1 aliphatic heterocycles. The van der Waals surface area contributed by atoms with Crippen molar-refractivity contribution >= 4 is 11.6 Å². The highest BCUT2D eigenvalue weighted by molar-refractivity contribution is 6.34. The van der Waals surface area contributed by atoms with Gasteiger partial charge >= 0.3 is 0 Å². The van der Waals surface area contributed by atoms with Gasteiger partial charge in [0.1, 0.15) is 10.8 Å². The van der Waals surface area contributed by atoms with Gasteiger partial charge in [0.2, 0.25) is 6.79 Å². The third-order valence-electron chi connectivity index (χ3n) is 2.60. The summed E-state index contributed by atoms with van der Waals surface area (Å²) < 4.78 is 15.8. The zero-order valence-electron chi connectivity index (χ0n) is 9.12. The summed E-state index contributed by atoms with van der Waals surface area (Å²) in [7, 11) is 1.54. The molecule has 0 saturated heterocycles. The zero-order valence-corrected chi connectivity index (χ0v) is 9.87. The predicted octanol–water partition coefficient (Wildman–Crippen LogP) is 2.17. The summed E-state index contributed by atoms with van der Waals surface area (Å²) in [6, 6.07) is 1.80. The molecule has 1 aliphatic rings. The molecule has 0 aliphatic carbocycles. The molecule has 4 nitrogen and oxygen atoms in total. The van der Waals surface area contributed by atoms with Gasteiger partial charge in [-0.05, 0) is 6.07 Å². The fourth-order valence-electron chi connectivity index (χ4n) is 1.68. The minimum atomic E-state index is -0.0676. The van der Waals surface area contributed by atoms with Gasteiger partial charge in [0.25, 0.3) is 0 Å². The third kappa shape index (κ3) is 1.68. The molecular formula is C11H13ClO4. The van der Waals surface area contributed by atoms with Crippen molar-refractivity contribution in [3.05, 3.63) is 16.7 Å². The summed E-state index contributed by atoms with van der Waals surface area (Å²) in [5, 5.41) is 9.57. The maximum atomic E-state index is 9.18. The first-order valence-corrected chi connectivity index (χ1v) is 5.33. The maximum absolute atomic E-state index is 9.18. The molecule has 5 heteroatoms. The van der Waals surface area contributed by atoms with E-state index in [1.54, 1.807) is 6.07 Å². The van der Waals surface area contributed by atoms with Gasteiger partial charge in [0, 0.05) is 18.1 Å². The predicted molar refractivity (Wildman–Crippen MR) is 59.6 cm³/mol. The number of methoxy groups -OCH3 is 1. The van der Waals surface area contributed by atoms with E-state index in [0.29, 0.717) is 22.3 Å². The van der Waals surface area contributed by atoms with Crippen LogP contribution in [0.3, 0.4) is 0 Å². The van der Waals surface area contributed by atoms with Gasteiger partial charge in [-0.25, -0.2) is 0 Å². The Hall–Kier alpha value is -1.13. The van der Waals surface area contributed by atoms with E-state index in [0.717, 1.165) is 5.56 Å². The quantitative estimate of drug-likeness (QED) is 0.885. The molecular weight excluding hydrogens is 232 g/mol. The van der Waals surface area contributed by atoms with E-state index in [1.807, 2.05) is 6.92 Å². The number of fused-ring (bicyclic) bond motifs is 1. The highest BCUT2D eigenvalue weighted by Crippen LogP contribution is 2.48. The van der Waals surface area contributed by atoms with E-state index in [1.165, 1.54) is 7.11 Å². The first kappa shape index (κ1) is 11.4. The number of hydrogen-bond donors (Lipinski definition) is 1. The standard InChI is InChI=1S/C11H13ClO4/c1-6(4-13)7-3-8-11(16-5-15-8)9(12)10(7)14-2/h3,6,13H,4-5H2,1-2H3. The smallest absolute Gasteiger partial charge is 0.231 e. The van der Waals surface area contributed by atoms with Gasteiger partial charge in [0.15, 0.2) is 11.5 Å². The second-order valence-electron chi connectivity index (χ2n) is 3.63. The van der Waals surface area contributed by atoms with Crippen molar-refractivity contribution in [2.24, 2.45) is 0 Å². The molecule has 1 atom stereocenters. The molecule has 2 rings (SSSR count). The molecule has 88 valence electrons. The lowest BCUT2D eigenvalue weighted by molar-refractivity contribution is 0.174. The van der Waals surface area contributed by atoms with Crippen LogP contribution in [0.4, 0.5) is 0 Å². The van der Waals surface area contributed by atoms with Crippen LogP contribution in [0, 0.1) is 0 Å². The van der Waals surface area contributed by atoms with Crippen molar-refractivity contribution in [3.8, 4) is 17.2 Å². The second kappa shape index (κ2) is 4.39. The van der Waals surface area contributed by atoms with Crippen molar-refractivity contribution < 1.29 is 19.3 Å². The number of aliphatic hydroxyl groups is 1. The molecule has 0 saturated carbocycles. The Morgan fingerprint density at radius 1 is 1.56 bits per heavy atom. The summed E-state index contributed by atoms with van der Waals surface area (Å²) in [5.74, 6) is 1.57. The lowest BCUT2D eigenvalue weighted by Gasteiger charge is -2.16. The summed E-state index contributed by atoms with van der Waals surface area (Å²) in [5.41, 5.74) is 0.819. The molecule has 16 heavy (non-hydrogen) atoms. The monoisotopic (exact) mass is 244 g/mol. The number of halogens is 1. The molecule has 0 aromatic heterocycles. The average molecular weight is 245 g/mol. The largest absolute Gasteiger partial charge is 0.495 e. The Morgan fingerprint density at radius 2 is 2.31 bits per heavy atom. The summed E-state index contributed by atoms with van der Waals surface area (Å²) in [6.07, 6.45) is 0. The van der Waals surface area contributed by atoms with Crippen LogP contribution < -0.4 is 14.2 Å². The summed E-state index contributed by atoms with van der Waals surface area (Å²) in [6.45, 7) is 2.07. The molecule has 1 aromatic carbocycles. The van der Waals surface area contributed by atoms with E-state index >= 15 is 0 Å². The van der Waals surface area contributed by atoms with Crippen molar-refractivity contribution in [1.82, 2.24) is 0 Å². The van der Waals surface area contributed by atoms with Crippen molar-refractivity contribution in [1.29, 1.82) is 0 Å². The highest BCUT2D eigenvalue weighted by atomic mass is 35.5. The van der Waals surface area contributed by atoms with Crippen LogP contribution in [0.1, 0.15) is 18.4 Å². The van der Waals surface area contributed by atoms with Gasteiger partial charge in [-0.3, -0.25) is 0 Å². The van der Waals surface area contributed by atoms with Crippen molar-refractivity contribution in [2.75, 3.05) is 20.5 Å². The van der Waals surface area contributed by atoms with E-state index in [4.69, 9.17) is 25.8 Å². The molecule has 0 bridgehead atoms. The second-order valence-corrected chi connectivity index (χ2v) is 4.01. The number of hydrogen-bond acceptors (Lipinski definition) is 4. The van der Waals surface area contributed by atoms with Crippen LogP contribution in [-0.2, 0) is 0 Å². The van der Waals surface area contributed by atoms with Crippen LogP contribution in [-0.4, -0.2) is 25.6 Å². The maximum Gasteiger partial charge on any atom is 0.231 e. The van der Waals surface area contributed by atoms with Gasteiger partial charge < -0.3 is 19.3 Å². The van der Waals surface area contributed by atoms with E-state index in [2.05, 4.69) is 0 Å². The Bertz CT molecular complexity index is 405. The Kier molecular flexibility index (Phi) is 3.12. The number of rotatable bonds is 3. The molecule has 1 N–H and O–H groups in total. The van der Waals surface area contributed by atoms with Gasteiger partial charge in [-0.2, -0.15) is 0 Å². The van der Waals surface area contributed by atoms with Gasteiger partial charge in [-0.15, -0.1) is 0 Å². The fourth-order valence-corrected chi connectivity index (χ4v) is 2.01. The molecule has 0 spiro atoms. The van der Waals surface area contributed by atoms with Gasteiger partial charge in [0.05, 0.1) is 7.11 Å². The van der Waals surface area contributed by atoms with Crippen LogP contribution in [0.15, 0.2) is 6.07 Å². The molecule has 1 unspecified atom stereocenters. The van der Waals surface area contributed by atoms with Crippen LogP contribution in [0.25, 0.3) is 0 Å². The summed E-state index contributed by atoms with van der Waals surface area (Å²) >= 11 is 6.15. The first-order chi connectivity index (χ1) is 7.69. The molecule has 0 amide bonds.